The first-order valence-corrected chi connectivity index (χ1v) is 7.65. The Balaban J connectivity index is 2.35. The highest BCUT2D eigenvalue weighted by molar-refractivity contribution is 9.10. The molecule has 1 unspecified atom stereocenters. The van der Waals surface area contributed by atoms with Crippen molar-refractivity contribution in [3.63, 3.8) is 0 Å². The average molecular weight is 364 g/mol. The van der Waals surface area contributed by atoms with Gasteiger partial charge in [-0.25, -0.2) is 0 Å². The van der Waals surface area contributed by atoms with E-state index in [0.29, 0.717) is 24.5 Å². The lowest BCUT2D eigenvalue weighted by atomic mass is 10.0. The Bertz CT molecular complexity index is 528. The number of nitrogens with one attached hydrogen (secondary N) is 1. The number of ether oxygens (including phenoxy) is 1. The summed E-state index contributed by atoms with van der Waals surface area (Å²) in [5, 5.41) is 3.25. The molecule has 1 atom stereocenters. The van der Waals surface area contributed by atoms with E-state index in [-0.39, 0.29) is 10.5 Å². The van der Waals surface area contributed by atoms with E-state index in [0.717, 1.165) is 12.8 Å². The molecule has 2 rings (SSSR count). The van der Waals surface area contributed by atoms with Crippen LogP contribution in [0.3, 0.4) is 0 Å². The molecule has 116 valence electrons. The molecule has 6 heteroatoms. The summed E-state index contributed by atoms with van der Waals surface area (Å²) >= 11 is 2.97. The first-order valence-electron chi connectivity index (χ1n) is 6.86. The molecule has 0 spiro atoms. The van der Waals surface area contributed by atoms with Crippen molar-refractivity contribution in [1.82, 2.24) is 5.32 Å². The molecule has 0 aromatic heterocycles. The molecule has 0 aliphatic carbocycles. The van der Waals surface area contributed by atoms with Gasteiger partial charge < -0.3 is 10.1 Å². The van der Waals surface area contributed by atoms with E-state index >= 15 is 0 Å². The van der Waals surface area contributed by atoms with Crippen molar-refractivity contribution in [2.24, 2.45) is 0 Å². The second-order valence-corrected chi connectivity index (χ2v) is 5.72. The second kappa shape index (κ2) is 6.83. The van der Waals surface area contributed by atoms with Gasteiger partial charge in [-0.3, -0.25) is 0 Å². The normalized spacial score (nSPS) is 16.5. The summed E-state index contributed by atoms with van der Waals surface area (Å²) in [5.41, 5.74) is -0.103. The standard InChI is InChI=1S/C15H17BrF3NO/c1-2-7-20-14(13-4-3-8-21-13)10-5-6-12(16)11(9-10)15(17,18)19/h4-6,9,14,20H,2-3,7-8H2,1H3. The summed E-state index contributed by atoms with van der Waals surface area (Å²) in [6.45, 7) is 3.31. The van der Waals surface area contributed by atoms with Gasteiger partial charge in [0.15, 0.2) is 0 Å². The monoisotopic (exact) mass is 363 g/mol. The highest BCUT2D eigenvalue weighted by atomic mass is 79.9. The topological polar surface area (TPSA) is 21.3 Å². The molecule has 2 nitrogen and oxygen atoms in total. The Labute approximate surface area is 130 Å². The van der Waals surface area contributed by atoms with Crippen molar-refractivity contribution in [1.29, 1.82) is 0 Å². The zero-order chi connectivity index (χ0) is 15.5. The molecule has 1 aromatic carbocycles. The maximum atomic E-state index is 13.0. The van der Waals surface area contributed by atoms with Gasteiger partial charge in [-0.1, -0.05) is 28.9 Å². The van der Waals surface area contributed by atoms with Gasteiger partial charge in [0, 0.05) is 10.9 Å². The van der Waals surface area contributed by atoms with E-state index in [9.17, 15) is 13.2 Å². The number of benzene rings is 1. The summed E-state index contributed by atoms with van der Waals surface area (Å²) in [5.74, 6) is 0.707. The van der Waals surface area contributed by atoms with E-state index in [1.165, 1.54) is 12.1 Å². The fourth-order valence-electron chi connectivity index (χ4n) is 2.25. The van der Waals surface area contributed by atoms with E-state index in [2.05, 4.69) is 21.2 Å². The van der Waals surface area contributed by atoms with Crippen molar-refractivity contribution in [3.8, 4) is 0 Å². The number of alkyl halides is 3. The molecule has 0 fully saturated rings. The van der Waals surface area contributed by atoms with Crippen molar-refractivity contribution in [2.75, 3.05) is 13.2 Å². The molecule has 0 saturated heterocycles. The Morgan fingerprint density at radius 3 is 2.71 bits per heavy atom. The van der Waals surface area contributed by atoms with Crippen LogP contribution in [-0.2, 0) is 10.9 Å². The van der Waals surface area contributed by atoms with Gasteiger partial charge >= 0.3 is 6.18 Å². The summed E-state index contributed by atoms with van der Waals surface area (Å²) < 4.78 is 44.7. The molecule has 1 aliphatic heterocycles. The van der Waals surface area contributed by atoms with Gasteiger partial charge in [0.05, 0.1) is 18.2 Å². The van der Waals surface area contributed by atoms with Crippen LogP contribution in [0.2, 0.25) is 0 Å². The zero-order valence-corrected chi connectivity index (χ0v) is 13.2. The highest BCUT2D eigenvalue weighted by Gasteiger charge is 2.34. The van der Waals surface area contributed by atoms with Crippen molar-refractivity contribution >= 4 is 15.9 Å². The predicted octanol–water partition coefficient (Wildman–Crippen LogP) is 4.81. The quantitative estimate of drug-likeness (QED) is 0.810. The first-order chi connectivity index (χ1) is 9.93. The molecular weight excluding hydrogens is 347 g/mol. The van der Waals surface area contributed by atoms with Crippen molar-refractivity contribution in [2.45, 2.75) is 32.0 Å². The Hall–Kier alpha value is -1.01. The summed E-state index contributed by atoms with van der Waals surface area (Å²) in [7, 11) is 0. The fourth-order valence-corrected chi connectivity index (χ4v) is 2.72. The number of hydrogen-bond acceptors (Lipinski definition) is 2. The van der Waals surface area contributed by atoms with Crippen molar-refractivity contribution < 1.29 is 17.9 Å². The van der Waals surface area contributed by atoms with Crippen LogP contribution in [-0.4, -0.2) is 13.2 Å². The van der Waals surface area contributed by atoms with E-state index < -0.39 is 11.7 Å². The van der Waals surface area contributed by atoms with Gasteiger partial charge in [-0.05, 0) is 36.7 Å². The van der Waals surface area contributed by atoms with Crippen LogP contribution >= 0.6 is 15.9 Å². The molecule has 0 amide bonds. The van der Waals surface area contributed by atoms with Gasteiger partial charge in [0.25, 0.3) is 0 Å². The highest BCUT2D eigenvalue weighted by Crippen LogP contribution is 2.37. The molecule has 1 heterocycles. The number of halogens is 4. The molecule has 0 saturated carbocycles. The SMILES string of the molecule is CCCNC(C1=CCCO1)c1ccc(Br)c(C(F)(F)F)c1. The zero-order valence-electron chi connectivity index (χ0n) is 11.6. The van der Waals surface area contributed by atoms with Crippen LogP contribution < -0.4 is 5.32 Å². The molecule has 0 bridgehead atoms. The van der Waals surface area contributed by atoms with Crippen LogP contribution in [0.1, 0.15) is 36.9 Å². The average Bonchev–Trinajstić information content (AvgIpc) is 2.93. The summed E-state index contributed by atoms with van der Waals surface area (Å²) in [6.07, 6.45) is -0.758. The smallest absolute Gasteiger partial charge is 0.417 e. The molecule has 0 radical (unpaired) electrons. The third-order valence-corrected chi connectivity index (χ3v) is 3.94. The lowest BCUT2D eigenvalue weighted by Crippen LogP contribution is -2.24. The Morgan fingerprint density at radius 2 is 2.14 bits per heavy atom. The second-order valence-electron chi connectivity index (χ2n) is 4.87. The number of hydrogen-bond donors (Lipinski definition) is 1. The predicted molar refractivity (Wildman–Crippen MR) is 78.8 cm³/mol. The largest absolute Gasteiger partial charge is 0.496 e. The third kappa shape index (κ3) is 4.01. The van der Waals surface area contributed by atoms with Crippen LogP contribution in [0.15, 0.2) is 34.5 Å². The Kier molecular flexibility index (Phi) is 5.32. The molecule has 21 heavy (non-hydrogen) atoms. The minimum Gasteiger partial charge on any atom is -0.496 e. The minimum atomic E-state index is -4.38. The van der Waals surface area contributed by atoms with Gasteiger partial charge in [-0.15, -0.1) is 0 Å². The molecule has 1 aromatic rings. The maximum Gasteiger partial charge on any atom is 0.417 e. The molecule has 1 N–H and O–H groups in total. The van der Waals surface area contributed by atoms with Crippen molar-refractivity contribution in [3.05, 3.63) is 45.6 Å². The van der Waals surface area contributed by atoms with Crippen LogP contribution in [0.5, 0.6) is 0 Å². The van der Waals surface area contributed by atoms with E-state index in [4.69, 9.17) is 4.74 Å². The third-order valence-electron chi connectivity index (χ3n) is 3.24. The van der Waals surface area contributed by atoms with Gasteiger partial charge in [-0.2, -0.15) is 13.2 Å². The van der Waals surface area contributed by atoms with Crippen LogP contribution in [0.25, 0.3) is 0 Å². The lowest BCUT2D eigenvalue weighted by Gasteiger charge is -2.21. The lowest BCUT2D eigenvalue weighted by molar-refractivity contribution is -0.138. The first kappa shape index (κ1) is 16.4. The molecule has 1 aliphatic rings. The van der Waals surface area contributed by atoms with Crippen LogP contribution in [0, 0.1) is 0 Å². The maximum absolute atomic E-state index is 13.0. The Morgan fingerprint density at radius 1 is 1.38 bits per heavy atom. The molecular formula is C15H17BrF3NO. The summed E-state index contributed by atoms with van der Waals surface area (Å²) in [4.78, 5) is 0. The van der Waals surface area contributed by atoms with Crippen LogP contribution in [0.4, 0.5) is 13.2 Å². The van der Waals surface area contributed by atoms with Gasteiger partial charge in [0.2, 0.25) is 0 Å². The van der Waals surface area contributed by atoms with E-state index in [1.807, 2.05) is 13.0 Å². The fraction of sp³-hybridized carbons (Fsp3) is 0.467. The van der Waals surface area contributed by atoms with Gasteiger partial charge in [0.1, 0.15) is 5.76 Å². The summed E-state index contributed by atoms with van der Waals surface area (Å²) in [6, 6.07) is 3.98. The van der Waals surface area contributed by atoms with E-state index in [1.54, 1.807) is 6.07 Å². The number of rotatable bonds is 5. The minimum absolute atomic E-state index is 0.0503.